The fourth-order valence-corrected chi connectivity index (χ4v) is 6.29. The Hall–Kier alpha value is -3.28. The number of benzene rings is 1. The maximum atomic E-state index is 13.3. The van der Waals surface area contributed by atoms with Gasteiger partial charge in [-0.05, 0) is 56.4 Å². The van der Waals surface area contributed by atoms with Crippen LogP contribution in [0, 0.1) is 5.92 Å². The van der Waals surface area contributed by atoms with E-state index in [1.807, 2.05) is 32.0 Å². The highest BCUT2D eigenvalue weighted by atomic mass is 32.2. The number of nitrogens with one attached hydrogen (secondary N) is 2. The van der Waals surface area contributed by atoms with E-state index in [1.54, 1.807) is 31.2 Å². The number of sulfonamides is 1. The summed E-state index contributed by atoms with van der Waals surface area (Å²) in [5.74, 6) is -0.753. The summed E-state index contributed by atoms with van der Waals surface area (Å²) in [6.07, 6.45) is 1.43. The van der Waals surface area contributed by atoms with Crippen molar-refractivity contribution in [1.82, 2.24) is 19.9 Å². The van der Waals surface area contributed by atoms with Gasteiger partial charge in [-0.15, -0.1) is 0 Å². The highest BCUT2D eigenvalue weighted by molar-refractivity contribution is 7.89. The number of aliphatic hydroxyl groups is 1. The fraction of sp³-hybridized carbons (Fsp3) is 0.444. The van der Waals surface area contributed by atoms with Crippen molar-refractivity contribution in [3.8, 4) is 0 Å². The van der Waals surface area contributed by atoms with Crippen LogP contribution in [0.15, 0.2) is 64.2 Å². The number of para-hydroxylation sites is 1. The number of carbonyl (C=O) groups is 2. The number of hydrogen-bond acceptors (Lipinski definition) is 7. The molecule has 3 N–H and O–H groups in total. The Kier molecular flexibility index (Phi) is 8.49. The first-order valence-corrected chi connectivity index (χ1v) is 14.2. The van der Waals surface area contributed by atoms with Gasteiger partial charge in [0.05, 0.1) is 12.1 Å². The number of pyridine rings is 1. The number of hydrogen-bond donors (Lipinski definition) is 3. The highest BCUT2D eigenvalue weighted by Gasteiger charge is 2.38. The van der Waals surface area contributed by atoms with Gasteiger partial charge >= 0.3 is 0 Å². The fourth-order valence-electron chi connectivity index (χ4n) is 4.68. The topological polar surface area (TPSA) is 142 Å². The van der Waals surface area contributed by atoms with Crippen LogP contribution in [0.25, 0.3) is 11.0 Å². The number of fused-ring (bicyclic) bond motifs is 1. The van der Waals surface area contributed by atoms with Crippen molar-refractivity contribution in [2.75, 3.05) is 6.54 Å². The third kappa shape index (κ3) is 6.23. The maximum Gasteiger partial charge on any atom is 0.287 e. The lowest BCUT2D eigenvalue weighted by Crippen LogP contribution is -2.54. The molecule has 204 valence electrons. The van der Waals surface area contributed by atoms with E-state index in [0.717, 1.165) is 5.39 Å². The molecule has 3 aromatic rings. The summed E-state index contributed by atoms with van der Waals surface area (Å²) in [6.45, 7) is 5.46. The monoisotopic (exact) mass is 542 g/mol. The van der Waals surface area contributed by atoms with Crippen molar-refractivity contribution in [2.24, 2.45) is 5.92 Å². The first kappa shape index (κ1) is 27.7. The lowest BCUT2D eigenvalue weighted by atomic mass is 10.0. The molecule has 0 bridgehead atoms. The van der Waals surface area contributed by atoms with E-state index < -0.39 is 46.1 Å². The van der Waals surface area contributed by atoms with E-state index in [4.69, 9.17) is 4.42 Å². The molecule has 0 saturated carbocycles. The van der Waals surface area contributed by atoms with Gasteiger partial charge < -0.3 is 20.2 Å². The minimum absolute atomic E-state index is 0.0909. The predicted octanol–water partition coefficient (Wildman–Crippen LogP) is 2.69. The smallest absolute Gasteiger partial charge is 0.287 e. The second-order valence-corrected chi connectivity index (χ2v) is 12.0. The van der Waals surface area contributed by atoms with Gasteiger partial charge in [-0.25, -0.2) is 13.4 Å². The van der Waals surface area contributed by atoms with E-state index in [-0.39, 0.29) is 23.2 Å². The molecule has 1 aromatic carbocycles. The van der Waals surface area contributed by atoms with Crippen LogP contribution in [0.4, 0.5) is 0 Å². The second-order valence-electron chi connectivity index (χ2n) is 10.2. The molecule has 3 heterocycles. The van der Waals surface area contributed by atoms with Crippen LogP contribution < -0.4 is 10.6 Å². The molecule has 0 radical (unpaired) electrons. The Morgan fingerprint density at radius 3 is 2.58 bits per heavy atom. The Morgan fingerprint density at radius 2 is 1.89 bits per heavy atom. The van der Waals surface area contributed by atoms with Gasteiger partial charge in [-0.2, -0.15) is 4.31 Å². The molecule has 0 aliphatic carbocycles. The van der Waals surface area contributed by atoms with Crippen LogP contribution in [0.1, 0.15) is 50.6 Å². The van der Waals surface area contributed by atoms with Crippen LogP contribution in [-0.4, -0.2) is 65.4 Å². The Bertz CT molecular complexity index is 1340. The third-order valence-corrected chi connectivity index (χ3v) is 8.63. The normalized spacial score (nSPS) is 21.7. The Balaban J connectivity index is 1.46. The first-order chi connectivity index (χ1) is 18.1. The zero-order valence-corrected chi connectivity index (χ0v) is 22.5. The summed E-state index contributed by atoms with van der Waals surface area (Å²) in [7, 11) is -3.93. The second kappa shape index (κ2) is 11.6. The van der Waals surface area contributed by atoms with Crippen LogP contribution in [0.5, 0.6) is 0 Å². The standard InChI is InChI=1S/C27H34N4O6S/c1-17(2)14-21(30-27(34)24-15-19-8-4-5-9-23(19)37-24)26(33)29-20-12-11-18(3)31(16-22(20)32)38(35,36)25-10-6-7-13-28-25/h4-10,13,15,17-18,20-22,32H,11-12,14,16H2,1-3H3,(H,29,33)(H,30,34)/t18-,20+,21+,22?/m1/s1. The lowest BCUT2D eigenvalue weighted by Gasteiger charge is -2.28. The summed E-state index contributed by atoms with van der Waals surface area (Å²) in [4.78, 5) is 30.2. The minimum Gasteiger partial charge on any atom is -0.451 e. The van der Waals surface area contributed by atoms with Crippen molar-refractivity contribution in [3.05, 3.63) is 60.5 Å². The first-order valence-electron chi connectivity index (χ1n) is 12.8. The predicted molar refractivity (Wildman–Crippen MR) is 142 cm³/mol. The molecule has 2 aromatic heterocycles. The van der Waals surface area contributed by atoms with Gasteiger partial charge in [0, 0.05) is 24.2 Å². The van der Waals surface area contributed by atoms with Gasteiger partial charge in [0.2, 0.25) is 5.91 Å². The SMILES string of the molecule is CC(C)C[C@H](NC(=O)c1cc2ccccc2o1)C(=O)N[C@H]1CC[C@@H](C)N(S(=O)(=O)c2ccccn2)CC1O. The van der Waals surface area contributed by atoms with Crippen molar-refractivity contribution in [3.63, 3.8) is 0 Å². The van der Waals surface area contributed by atoms with E-state index in [0.29, 0.717) is 24.8 Å². The van der Waals surface area contributed by atoms with E-state index >= 15 is 0 Å². The van der Waals surface area contributed by atoms with Gasteiger partial charge in [0.25, 0.3) is 15.9 Å². The third-order valence-electron chi connectivity index (χ3n) is 6.74. The summed E-state index contributed by atoms with van der Waals surface area (Å²) in [5, 5.41) is 17.3. The number of carbonyl (C=O) groups excluding carboxylic acids is 2. The summed E-state index contributed by atoms with van der Waals surface area (Å²) in [5.41, 5.74) is 0.573. The van der Waals surface area contributed by atoms with Crippen LogP contribution in [-0.2, 0) is 14.8 Å². The van der Waals surface area contributed by atoms with Gasteiger partial charge in [-0.3, -0.25) is 9.59 Å². The van der Waals surface area contributed by atoms with E-state index in [1.165, 1.54) is 16.6 Å². The number of furan rings is 1. The molecular weight excluding hydrogens is 508 g/mol. The number of rotatable bonds is 8. The maximum absolute atomic E-state index is 13.3. The molecule has 1 saturated heterocycles. The van der Waals surface area contributed by atoms with Crippen LogP contribution in [0.3, 0.4) is 0 Å². The summed E-state index contributed by atoms with van der Waals surface area (Å²) >= 11 is 0. The molecule has 1 aliphatic rings. The Labute approximate surface area is 222 Å². The average molecular weight is 543 g/mol. The molecule has 38 heavy (non-hydrogen) atoms. The molecular formula is C27H34N4O6S. The number of amides is 2. The van der Waals surface area contributed by atoms with E-state index in [2.05, 4.69) is 15.6 Å². The Morgan fingerprint density at radius 1 is 1.16 bits per heavy atom. The largest absolute Gasteiger partial charge is 0.451 e. The minimum atomic E-state index is -3.93. The number of β-amino-alcohol motifs (C(OH)–C–C–N with tert-alkyl or cyclic N) is 1. The molecule has 1 aliphatic heterocycles. The van der Waals surface area contributed by atoms with Crippen LogP contribution in [0.2, 0.25) is 0 Å². The molecule has 11 heteroatoms. The molecule has 4 atom stereocenters. The molecule has 2 amide bonds. The summed E-state index contributed by atoms with van der Waals surface area (Å²) < 4.78 is 33.2. The van der Waals surface area contributed by atoms with Crippen LogP contribution >= 0.6 is 0 Å². The molecule has 10 nitrogen and oxygen atoms in total. The number of nitrogens with zero attached hydrogens (tertiary/aromatic N) is 2. The molecule has 0 spiro atoms. The molecule has 1 unspecified atom stereocenters. The molecule has 4 rings (SSSR count). The van der Waals surface area contributed by atoms with Crippen molar-refractivity contribution < 1.29 is 27.5 Å². The van der Waals surface area contributed by atoms with Gasteiger partial charge in [0.1, 0.15) is 11.6 Å². The number of aromatic nitrogens is 1. The zero-order valence-electron chi connectivity index (χ0n) is 21.7. The van der Waals surface area contributed by atoms with Crippen molar-refractivity contribution >= 4 is 32.8 Å². The van der Waals surface area contributed by atoms with Gasteiger partial charge in [-0.1, -0.05) is 38.1 Å². The van der Waals surface area contributed by atoms with Crippen molar-refractivity contribution in [1.29, 1.82) is 0 Å². The lowest BCUT2D eigenvalue weighted by molar-refractivity contribution is -0.125. The quantitative estimate of drug-likeness (QED) is 0.397. The average Bonchev–Trinajstić information content (AvgIpc) is 3.27. The molecule has 1 fully saturated rings. The summed E-state index contributed by atoms with van der Waals surface area (Å²) in [6, 6.07) is 11.6. The van der Waals surface area contributed by atoms with Crippen molar-refractivity contribution in [2.45, 2.75) is 69.3 Å². The van der Waals surface area contributed by atoms with E-state index in [9.17, 15) is 23.1 Å². The van der Waals surface area contributed by atoms with Gasteiger partial charge in [0.15, 0.2) is 10.8 Å². The zero-order chi connectivity index (χ0) is 27.4. The highest BCUT2D eigenvalue weighted by Crippen LogP contribution is 2.25. The number of aliphatic hydroxyl groups excluding tert-OH is 1.